The zero-order chi connectivity index (χ0) is 17.5. The molecule has 0 aliphatic carbocycles. The number of nitrogens with zero attached hydrogens (tertiary/aromatic N) is 2. The average Bonchev–Trinajstić information content (AvgIpc) is 3.09. The van der Waals surface area contributed by atoms with Gasteiger partial charge < -0.3 is 29.4 Å². The molecule has 0 aliphatic heterocycles. The second-order valence-electron chi connectivity index (χ2n) is 5.47. The van der Waals surface area contributed by atoms with Gasteiger partial charge in [0.25, 0.3) is 0 Å². The van der Waals surface area contributed by atoms with Gasteiger partial charge in [0.05, 0.1) is 12.9 Å². The normalized spacial score (nSPS) is 11.4. The predicted molar refractivity (Wildman–Crippen MR) is 112 cm³/mol. The van der Waals surface area contributed by atoms with Crippen molar-refractivity contribution in [2.24, 2.45) is 4.99 Å². The number of hydrogen-bond acceptors (Lipinski definition) is 5. The summed E-state index contributed by atoms with van der Waals surface area (Å²) in [5.74, 6) is 1.70. The van der Waals surface area contributed by atoms with E-state index in [-0.39, 0.29) is 24.0 Å². The molecule has 1 aromatic rings. The van der Waals surface area contributed by atoms with E-state index in [1.54, 1.807) is 13.4 Å². The minimum Gasteiger partial charge on any atom is -0.467 e. The Kier molecular flexibility index (Phi) is 16.1. The summed E-state index contributed by atoms with van der Waals surface area (Å²) < 4.78 is 15.8. The highest BCUT2D eigenvalue weighted by Crippen LogP contribution is 2.01. The molecule has 146 valence electrons. The summed E-state index contributed by atoms with van der Waals surface area (Å²) in [5.41, 5.74) is 0. The second-order valence-corrected chi connectivity index (χ2v) is 5.47. The van der Waals surface area contributed by atoms with E-state index in [4.69, 9.17) is 13.9 Å². The largest absolute Gasteiger partial charge is 0.467 e. The first kappa shape index (κ1) is 24.2. The fourth-order valence-corrected chi connectivity index (χ4v) is 1.99. The van der Waals surface area contributed by atoms with Crippen molar-refractivity contribution in [2.75, 3.05) is 60.1 Å². The van der Waals surface area contributed by atoms with Crippen molar-refractivity contribution in [1.29, 1.82) is 0 Å². The van der Waals surface area contributed by atoms with E-state index in [1.165, 1.54) is 0 Å². The van der Waals surface area contributed by atoms with E-state index in [0.717, 1.165) is 57.5 Å². The summed E-state index contributed by atoms with van der Waals surface area (Å²) in [5, 5.41) is 6.59. The number of ether oxygens (including phenoxy) is 2. The molecule has 1 rings (SSSR count). The number of guanidine groups is 1. The maximum absolute atomic E-state index is 5.55. The van der Waals surface area contributed by atoms with E-state index in [1.807, 2.05) is 12.1 Å². The number of furan rings is 1. The highest BCUT2D eigenvalue weighted by molar-refractivity contribution is 14.0. The molecule has 0 aliphatic rings. The van der Waals surface area contributed by atoms with Crippen LogP contribution >= 0.6 is 24.0 Å². The minimum atomic E-state index is 0. The highest BCUT2D eigenvalue weighted by atomic mass is 127. The van der Waals surface area contributed by atoms with Crippen LogP contribution in [0.1, 0.15) is 19.1 Å². The lowest BCUT2D eigenvalue weighted by molar-refractivity contribution is 0.105. The van der Waals surface area contributed by atoms with E-state index in [0.29, 0.717) is 13.2 Å². The Morgan fingerprint density at radius 1 is 1.28 bits per heavy atom. The van der Waals surface area contributed by atoms with Gasteiger partial charge in [0.15, 0.2) is 5.96 Å². The Morgan fingerprint density at radius 3 is 2.80 bits per heavy atom. The number of halogens is 1. The van der Waals surface area contributed by atoms with Crippen LogP contribution in [0.2, 0.25) is 0 Å². The van der Waals surface area contributed by atoms with Crippen LogP contribution in [0.5, 0.6) is 0 Å². The smallest absolute Gasteiger partial charge is 0.191 e. The lowest BCUT2D eigenvalue weighted by Gasteiger charge is -2.17. The van der Waals surface area contributed by atoms with Crippen LogP contribution in [0.25, 0.3) is 0 Å². The summed E-state index contributed by atoms with van der Waals surface area (Å²) in [6.45, 7) is 8.30. The third-order valence-corrected chi connectivity index (χ3v) is 3.35. The maximum Gasteiger partial charge on any atom is 0.191 e. The van der Waals surface area contributed by atoms with Crippen LogP contribution in [0.4, 0.5) is 0 Å². The van der Waals surface area contributed by atoms with Crippen molar-refractivity contribution < 1.29 is 13.9 Å². The lowest BCUT2D eigenvalue weighted by Crippen LogP contribution is -2.41. The number of methoxy groups -OCH3 is 1. The first-order chi connectivity index (χ1) is 11.8. The van der Waals surface area contributed by atoms with Gasteiger partial charge in [-0.1, -0.05) is 0 Å². The number of hydrogen-bond donors (Lipinski definition) is 2. The van der Waals surface area contributed by atoms with Gasteiger partial charge in [-0.3, -0.25) is 4.99 Å². The van der Waals surface area contributed by atoms with Crippen LogP contribution in [-0.2, 0) is 16.1 Å². The van der Waals surface area contributed by atoms with Crippen molar-refractivity contribution >= 4 is 29.9 Å². The molecule has 2 N–H and O–H groups in total. The van der Waals surface area contributed by atoms with Gasteiger partial charge in [0, 0.05) is 46.4 Å². The van der Waals surface area contributed by atoms with Gasteiger partial charge in [-0.2, -0.15) is 0 Å². The van der Waals surface area contributed by atoms with E-state index in [9.17, 15) is 0 Å². The molecule has 25 heavy (non-hydrogen) atoms. The molecule has 8 heteroatoms. The van der Waals surface area contributed by atoms with E-state index < -0.39 is 0 Å². The van der Waals surface area contributed by atoms with Crippen molar-refractivity contribution in [2.45, 2.75) is 20.0 Å². The molecule has 7 nitrogen and oxygen atoms in total. The Balaban J connectivity index is 0.00000576. The van der Waals surface area contributed by atoms with Gasteiger partial charge in [-0.15, -0.1) is 24.0 Å². The molecule has 0 bridgehead atoms. The predicted octanol–water partition coefficient (Wildman–Crippen LogP) is 1.94. The molecule has 0 unspecified atom stereocenters. The lowest BCUT2D eigenvalue weighted by atomic mass is 10.4. The molecule has 0 radical (unpaired) electrons. The zero-order valence-electron chi connectivity index (χ0n) is 15.6. The van der Waals surface area contributed by atoms with Crippen LogP contribution in [0.15, 0.2) is 27.8 Å². The van der Waals surface area contributed by atoms with Gasteiger partial charge in [0.2, 0.25) is 0 Å². The number of rotatable bonds is 13. The van der Waals surface area contributed by atoms with Crippen molar-refractivity contribution in [3.63, 3.8) is 0 Å². The molecule has 0 amide bonds. The standard InChI is InChI=1S/C17H32N4O3.HI/c1-4-18-17(20-9-10-21(2)11-14-22-3)19-8-6-12-23-15-16-7-5-13-24-16;/h5,7,13H,4,6,8-12,14-15H2,1-3H3,(H2,18,19,20);1H. The molecular formula is C17H33IN4O3. The van der Waals surface area contributed by atoms with Crippen LogP contribution in [-0.4, -0.2) is 71.0 Å². The molecule has 0 spiro atoms. The van der Waals surface area contributed by atoms with Crippen molar-refractivity contribution in [3.05, 3.63) is 24.2 Å². The topological polar surface area (TPSA) is 71.3 Å². The molecule has 1 aromatic heterocycles. The summed E-state index contributed by atoms with van der Waals surface area (Å²) in [7, 11) is 3.81. The number of likely N-dealkylation sites (N-methyl/N-ethyl adjacent to an activating group) is 1. The summed E-state index contributed by atoms with van der Waals surface area (Å²) in [4.78, 5) is 6.78. The van der Waals surface area contributed by atoms with Crippen LogP contribution in [0.3, 0.4) is 0 Å². The quantitative estimate of drug-likeness (QED) is 0.200. The van der Waals surface area contributed by atoms with E-state index >= 15 is 0 Å². The average molecular weight is 468 g/mol. The molecule has 0 saturated heterocycles. The fraction of sp³-hybridized carbons (Fsp3) is 0.706. The fourth-order valence-electron chi connectivity index (χ4n) is 1.99. The first-order valence-corrected chi connectivity index (χ1v) is 8.56. The molecule has 0 aromatic carbocycles. The van der Waals surface area contributed by atoms with Crippen LogP contribution < -0.4 is 10.6 Å². The van der Waals surface area contributed by atoms with Gasteiger partial charge in [-0.25, -0.2) is 0 Å². The van der Waals surface area contributed by atoms with Crippen molar-refractivity contribution in [1.82, 2.24) is 15.5 Å². The summed E-state index contributed by atoms with van der Waals surface area (Å²) >= 11 is 0. The third kappa shape index (κ3) is 13.1. The maximum atomic E-state index is 5.55. The Hall–Kier alpha value is -0.840. The number of aliphatic imine (C=N–C) groups is 1. The SMILES string of the molecule is CCNC(=NCCCOCc1ccco1)NCCN(C)CCOC.I. The zero-order valence-corrected chi connectivity index (χ0v) is 18.0. The van der Waals surface area contributed by atoms with Gasteiger partial charge in [-0.05, 0) is 32.5 Å². The van der Waals surface area contributed by atoms with Gasteiger partial charge in [0.1, 0.15) is 12.4 Å². The Morgan fingerprint density at radius 2 is 2.12 bits per heavy atom. The second kappa shape index (κ2) is 16.6. The first-order valence-electron chi connectivity index (χ1n) is 8.56. The monoisotopic (exact) mass is 468 g/mol. The minimum absolute atomic E-state index is 0. The summed E-state index contributed by atoms with van der Waals surface area (Å²) in [6, 6.07) is 3.78. The molecule has 1 heterocycles. The molecule has 0 fully saturated rings. The Bertz CT molecular complexity index is 430. The number of nitrogens with one attached hydrogen (secondary N) is 2. The highest BCUT2D eigenvalue weighted by Gasteiger charge is 2.00. The summed E-state index contributed by atoms with van der Waals surface area (Å²) in [6.07, 6.45) is 2.54. The van der Waals surface area contributed by atoms with E-state index in [2.05, 4.69) is 34.5 Å². The molecule has 0 atom stereocenters. The third-order valence-electron chi connectivity index (χ3n) is 3.35. The van der Waals surface area contributed by atoms with Gasteiger partial charge >= 0.3 is 0 Å². The Labute approximate surface area is 168 Å². The molecular weight excluding hydrogens is 435 g/mol. The molecule has 0 saturated carbocycles. The van der Waals surface area contributed by atoms with Crippen LogP contribution in [0, 0.1) is 0 Å². The van der Waals surface area contributed by atoms with Crippen molar-refractivity contribution in [3.8, 4) is 0 Å².